The third kappa shape index (κ3) is 3.25. The molecule has 0 aromatic carbocycles. The first-order chi connectivity index (χ1) is 9.22. The first kappa shape index (κ1) is 14.7. The quantitative estimate of drug-likeness (QED) is 0.703. The van der Waals surface area contributed by atoms with Crippen molar-refractivity contribution in [3.63, 3.8) is 0 Å². The molecule has 6 nitrogen and oxygen atoms in total. The number of hydrogen-bond acceptors (Lipinski definition) is 5. The Balaban J connectivity index is 2.05. The smallest absolute Gasteiger partial charge is 0.231 e. The molecule has 0 radical (unpaired) electrons. The van der Waals surface area contributed by atoms with Gasteiger partial charge in [0.15, 0.2) is 0 Å². The Labute approximate surface area is 114 Å². The van der Waals surface area contributed by atoms with Gasteiger partial charge < -0.3 is 24.8 Å². The van der Waals surface area contributed by atoms with Gasteiger partial charge in [0, 0.05) is 20.2 Å². The van der Waals surface area contributed by atoms with E-state index in [0.717, 1.165) is 25.9 Å². The SMILES string of the molecule is COCC1(C(=O)N2CCOC(CO)C2)CCNCC1. The number of aliphatic hydroxyl groups excluding tert-OH is 1. The summed E-state index contributed by atoms with van der Waals surface area (Å²) < 4.78 is 10.7. The van der Waals surface area contributed by atoms with Gasteiger partial charge in [-0.3, -0.25) is 4.79 Å². The molecule has 1 amide bonds. The van der Waals surface area contributed by atoms with Crippen molar-refractivity contribution in [3.05, 3.63) is 0 Å². The highest BCUT2D eigenvalue weighted by molar-refractivity contribution is 5.83. The van der Waals surface area contributed by atoms with Crippen LogP contribution < -0.4 is 5.32 Å². The largest absolute Gasteiger partial charge is 0.394 e. The Hall–Kier alpha value is -0.690. The van der Waals surface area contributed by atoms with Gasteiger partial charge in [-0.1, -0.05) is 0 Å². The molecule has 0 bridgehead atoms. The number of aliphatic hydroxyl groups is 1. The van der Waals surface area contributed by atoms with Gasteiger partial charge in [0.05, 0.1) is 31.3 Å². The molecular formula is C13H24N2O4. The van der Waals surface area contributed by atoms with Crippen molar-refractivity contribution in [3.8, 4) is 0 Å². The van der Waals surface area contributed by atoms with Gasteiger partial charge >= 0.3 is 0 Å². The molecule has 2 aliphatic rings. The van der Waals surface area contributed by atoms with Gasteiger partial charge in [-0.25, -0.2) is 0 Å². The zero-order valence-corrected chi connectivity index (χ0v) is 11.6. The Morgan fingerprint density at radius 3 is 2.89 bits per heavy atom. The predicted molar refractivity (Wildman–Crippen MR) is 69.8 cm³/mol. The van der Waals surface area contributed by atoms with Crippen molar-refractivity contribution in [2.24, 2.45) is 5.41 Å². The maximum atomic E-state index is 12.8. The molecule has 1 atom stereocenters. The van der Waals surface area contributed by atoms with E-state index in [1.165, 1.54) is 0 Å². The molecule has 0 saturated carbocycles. The zero-order chi connectivity index (χ0) is 13.7. The third-order valence-corrected chi connectivity index (χ3v) is 4.06. The number of morpholine rings is 1. The molecule has 2 fully saturated rings. The van der Waals surface area contributed by atoms with E-state index in [-0.39, 0.29) is 18.6 Å². The Morgan fingerprint density at radius 2 is 2.26 bits per heavy atom. The lowest BCUT2D eigenvalue weighted by molar-refractivity contribution is -0.156. The molecule has 2 saturated heterocycles. The molecule has 1 unspecified atom stereocenters. The maximum absolute atomic E-state index is 12.8. The summed E-state index contributed by atoms with van der Waals surface area (Å²) in [6, 6.07) is 0. The van der Waals surface area contributed by atoms with Crippen molar-refractivity contribution in [2.45, 2.75) is 18.9 Å². The van der Waals surface area contributed by atoms with Crippen LogP contribution in [0.5, 0.6) is 0 Å². The average molecular weight is 272 g/mol. The van der Waals surface area contributed by atoms with E-state index < -0.39 is 5.41 Å². The summed E-state index contributed by atoms with van der Waals surface area (Å²) in [5, 5.41) is 12.5. The van der Waals surface area contributed by atoms with E-state index >= 15 is 0 Å². The van der Waals surface area contributed by atoms with Crippen LogP contribution in [0.2, 0.25) is 0 Å². The minimum Gasteiger partial charge on any atom is -0.394 e. The first-order valence-corrected chi connectivity index (χ1v) is 6.93. The summed E-state index contributed by atoms with van der Waals surface area (Å²) in [6.07, 6.45) is 1.36. The predicted octanol–water partition coefficient (Wildman–Crippen LogP) is -0.778. The Kier molecular flexibility index (Phi) is 5.15. The third-order valence-electron chi connectivity index (χ3n) is 4.06. The number of nitrogens with zero attached hydrogens (tertiary/aromatic N) is 1. The number of ether oxygens (including phenoxy) is 2. The zero-order valence-electron chi connectivity index (χ0n) is 11.6. The lowest BCUT2D eigenvalue weighted by Gasteiger charge is -2.42. The van der Waals surface area contributed by atoms with Gasteiger partial charge in [-0.15, -0.1) is 0 Å². The second-order valence-corrected chi connectivity index (χ2v) is 5.39. The molecule has 0 aliphatic carbocycles. The van der Waals surface area contributed by atoms with Crippen LogP contribution in [0.3, 0.4) is 0 Å². The fourth-order valence-electron chi connectivity index (χ4n) is 2.95. The molecule has 2 aliphatic heterocycles. The van der Waals surface area contributed by atoms with Gasteiger partial charge in [0.1, 0.15) is 0 Å². The van der Waals surface area contributed by atoms with Crippen molar-refractivity contribution in [2.75, 3.05) is 53.1 Å². The van der Waals surface area contributed by atoms with Crippen LogP contribution in [0.25, 0.3) is 0 Å². The van der Waals surface area contributed by atoms with Gasteiger partial charge in [-0.2, -0.15) is 0 Å². The van der Waals surface area contributed by atoms with E-state index in [2.05, 4.69) is 5.32 Å². The second kappa shape index (κ2) is 6.65. The minimum absolute atomic E-state index is 0.0391. The summed E-state index contributed by atoms with van der Waals surface area (Å²) in [5.74, 6) is 0.151. The molecule has 0 spiro atoms. The van der Waals surface area contributed by atoms with Gasteiger partial charge in [0.2, 0.25) is 5.91 Å². The molecule has 19 heavy (non-hydrogen) atoms. The highest BCUT2D eigenvalue weighted by atomic mass is 16.5. The number of nitrogens with one attached hydrogen (secondary N) is 1. The summed E-state index contributed by atoms with van der Waals surface area (Å²) >= 11 is 0. The Bertz CT molecular complexity index is 300. The molecule has 6 heteroatoms. The van der Waals surface area contributed by atoms with Crippen molar-refractivity contribution in [1.82, 2.24) is 10.2 Å². The molecule has 2 heterocycles. The average Bonchev–Trinajstić information content (AvgIpc) is 2.48. The minimum atomic E-state index is -0.405. The van der Waals surface area contributed by atoms with E-state index in [1.807, 2.05) is 4.90 Å². The van der Waals surface area contributed by atoms with Crippen LogP contribution in [0.1, 0.15) is 12.8 Å². The fraction of sp³-hybridized carbons (Fsp3) is 0.923. The molecule has 0 aromatic heterocycles. The van der Waals surface area contributed by atoms with Crippen LogP contribution >= 0.6 is 0 Å². The lowest BCUT2D eigenvalue weighted by atomic mass is 9.78. The van der Waals surface area contributed by atoms with Gasteiger partial charge in [-0.05, 0) is 25.9 Å². The topological polar surface area (TPSA) is 71.0 Å². The molecule has 2 N–H and O–H groups in total. The number of rotatable bonds is 4. The summed E-state index contributed by atoms with van der Waals surface area (Å²) in [7, 11) is 1.65. The van der Waals surface area contributed by atoms with Crippen molar-refractivity contribution >= 4 is 5.91 Å². The molecular weight excluding hydrogens is 248 g/mol. The molecule has 0 aromatic rings. The van der Waals surface area contributed by atoms with Crippen molar-refractivity contribution in [1.29, 1.82) is 0 Å². The number of hydrogen-bond donors (Lipinski definition) is 2. The van der Waals surface area contributed by atoms with E-state index in [1.54, 1.807) is 7.11 Å². The van der Waals surface area contributed by atoms with Gasteiger partial charge in [0.25, 0.3) is 0 Å². The highest BCUT2D eigenvalue weighted by Gasteiger charge is 2.43. The molecule has 110 valence electrons. The van der Waals surface area contributed by atoms with E-state index in [4.69, 9.17) is 9.47 Å². The fourth-order valence-corrected chi connectivity index (χ4v) is 2.95. The van der Waals surface area contributed by atoms with Crippen molar-refractivity contribution < 1.29 is 19.4 Å². The van der Waals surface area contributed by atoms with E-state index in [9.17, 15) is 9.90 Å². The summed E-state index contributed by atoms with van der Waals surface area (Å²) in [6.45, 7) is 3.71. The number of amides is 1. The van der Waals surface area contributed by atoms with Crippen LogP contribution in [-0.4, -0.2) is 75.1 Å². The number of methoxy groups -OCH3 is 1. The summed E-state index contributed by atoms with van der Waals surface area (Å²) in [4.78, 5) is 14.6. The van der Waals surface area contributed by atoms with Crippen LogP contribution in [-0.2, 0) is 14.3 Å². The number of piperidine rings is 1. The van der Waals surface area contributed by atoms with Crippen LogP contribution in [0, 0.1) is 5.41 Å². The highest BCUT2D eigenvalue weighted by Crippen LogP contribution is 2.32. The number of carbonyl (C=O) groups is 1. The number of carbonyl (C=O) groups excluding carboxylic acids is 1. The van der Waals surface area contributed by atoms with Crippen LogP contribution in [0.4, 0.5) is 0 Å². The summed E-state index contributed by atoms with van der Waals surface area (Å²) in [5.41, 5.74) is -0.405. The Morgan fingerprint density at radius 1 is 1.53 bits per heavy atom. The normalized spacial score (nSPS) is 27.3. The second-order valence-electron chi connectivity index (χ2n) is 5.39. The molecule has 2 rings (SSSR count). The van der Waals surface area contributed by atoms with Crippen LogP contribution in [0.15, 0.2) is 0 Å². The van der Waals surface area contributed by atoms with E-state index in [0.29, 0.717) is 26.3 Å². The standard InChI is InChI=1S/C13H24N2O4/c1-18-10-13(2-4-14-5-3-13)12(17)15-6-7-19-11(8-15)9-16/h11,14,16H,2-10H2,1H3. The monoisotopic (exact) mass is 272 g/mol. The maximum Gasteiger partial charge on any atom is 0.231 e. The first-order valence-electron chi connectivity index (χ1n) is 6.93. The lowest BCUT2D eigenvalue weighted by Crippen LogP contribution is -2.56.